The summed E-state index contributed by atoms with van der Waals surface area (Å²) < 4.78 is 1.88. The number of nitrogens with zero attached hydrogens (tertiary/aromatic N) is 2. The molecule has 1 rings (SSSR count). The molecule has 0 aliphatic rings. The highest BCUT2D eigenvalue weighted by molar-refractivity contribution is 5.03. The van der Waals surface area contributed by atoms with Gasteiger partial charge in [-0.25, -0.2) is 0 Å². The molecule has 3 heteroatoms. The van der Waals surface area contributed by atoms with Crippen molar-refractivity contribution in [2.45, 2.75) is 46.1 Å². The van der Waals surface area contributed by atoms with Crippen LogP contribution < -0.4 is 5.32 Å². The molecule has 1 N–H and O–H groups in total. The van der Waals surface area contributed by atoms with Gasteiger partial charge in [-0.15, -0.1) is 0 Å². The van der Waals surface area contributed by atoms with Gasteiger partial charge < -0.3 is 5.32 Å². The van der Waals surface area contributed by atoms with Crippen LogP contribution in [0, 0.1) is 5.92 Å². The minimum atomic E-state index is 0.602. The topological polar surface area (TPSA) is 29.9 Å². The average Bonchev–Trinajstić information content (AvgIpc) is 2.61. The Bertz CT molecular complexity index is 291. The quantitative estimate of drug-likeness (QED) is 0.769. The van der Waals surface area contributed by atoms with Gasteiger partial charge in [0.05, 0.1) is 6.20 Å². The van der Waals surface area contributed by atoms with Crippen molar-refractivity contribution in [1.29, 1.82) is 0 Å². The maximum atomic E-state index is 4.18. The minimum Gasteiger partial charge on any atom is -0.315 e. The lowest BCUT2D eigenvalue weighted by atomic mass is 9.99. The number of nitrogens with one attached hydrogen (secondary N) is 1. The zero-order valence-electron chi connectivity index (χ0n) is 11.0. The summed E-state index contributed by atoms with van der Waals surface area (Å²) in [6, 6.07) is 0.602. The van der Waals surface area contributed by atoms with Crippen LogP contribution in [0.25, 0.3) is 0 Å². The SMILES string of the molecule is CC(CCNC(C)C)CCc1cnn(C)c1. The van der Waals surface area contributed by atoms with Crippen LogP contribution in [0.2, 0.25) is 0 Å². The summed E-state index contributed by atoms with van der Waals surface area (Å²) in [7, 11) is 1.97. The van der Waals surface area contributed by atoms with Crippen molar-refractivity contribution < 1.29 is 0 Å². The predicted octanol–water partition coefficient (Wildman–Crippen LogP) is 2.38. The van der Waals surface area contributed by atoms with Crippen LogP contribution >= 0.6 is 0 Å². The highest BCUT2D eigenvalue weighted by Crippen LogP contribution is 2.11. The van der Waals surface area contributed by atoms with Crippen molar-refractivity contribution in [3.8, 4) is 0 Å². The largest absolute Gasteiger partial charge is 0.315 e. The maximum Gasteiger partial charge on any atom is 0.0521 e. The third-order valence-corrected chi connectivity index (χ3v) is 2.87. The van der Waals surface area contributed by atoms with E-state index < -0.39 is 0 Å². The van der Waals surface area contributed by atoms with E-state index in [1.54, 1.807) is 0 Å². The molecule has 0 saturated heterocycles. The van der Waals surface area contributed by atoms with E-state index in [2.05, 4.69) is 37.4 Å². The van der Waals surface area contributed by atoms with Gasteiger partial charge in [-0.1, -0.05) is 20.8 Å². The zero-order chi connectivity index (χ0) is 12.0. The van der Waals surface area contributed by atoms with Crippen molar-refractivity contribution in [2.24, 2.45) is 13.0 Å². The molecular weight excluding hydrogens is 198 g/mol. The molecule has 0 radical (unpaired) electrons. The van der Waals surface area contributed by atoms with Crippen molar-refractivity contribution >= 4 is 0 Å². The van der Waals surface area contributed by atoms with E-state index in [-0.39, 0.29) is 0 Å². The fourth-order valence-electron chi connectivity index (χ4n) is 1.78. The molecule has 1 heterocycles. The molecule has 0 aliphatic carbocycles. The molecule has 0 aliphatic heterocycles. The summed E-state index contributed by atoms with van der Waals surface area (Å²) in [4.78, 5) is 0. The molecule has 1 atom stereocenters. The van der Waals surface area contributed by atoms with Gasteiger partial charge in [0.15, 0.2) is 0 Å². The third-order valence-electron chi connectivity index (χ3n) is 2.87. The summed E-state index contributed by atoms with van der Waals surface area (Å²) >= 11 is 0. The van der Waals surface area contributed by atoms with Crippen LogP contribution in [0.4, 0.5) is 0 Å². The number of aromatic nitrogens is 2. The van der Waals surface area contributed by atoms with E-state index in [9.17, 15) is 0 Å². The van der Waals surface area contributed by atoms with Gasteiger partial charge in [0.1, 0.15) is 0 Å². The highest BCUT2D eigenvalue weighted by atomic mass is 15.2. The molecule has 1 aromatic heterocycles. The van der Waals surface area contributed by atoms with Crippen LogP contribution in [0.3, 0.4) is 0 Å². The zero-order valence-corrected chi connectivity index (χ0v) is 11.0. The lowest BCUT2D eigenvalue weighted by molar-refractivity contribution is 0.454. The van der Waals surface area contributed by atoms with E-state index >= 15 is 0 Å². The number of hydrogen-bond acceptors (Lipinski definition) is 2. The van der Waals surface area contributed by atoms with Gasteiger partial charge in [0, 0.05) is 19.3 Å². The minimum absolute atomic E-state index is 0.602. The molecule has 92 valence electrons. The van der Waals surface area contributed by atoms with E-state index in [0.29, 0.717) is 6.04 Å². The molecule has 0 fully saturated rings. The summed E-state index contributed by atoms with van der Waals surface area (Å²) in [5.74, 6) is 0.784. The molecule has 3 nitrogen and oxygen atoms in total. The first-order chi connectivity index (χ1) is 7.58. The van der Waals surface area contributed by atoms with Crippen molar-refractivity contribution in [1.82, 2.24) is 15.1 Å². The third kappa shape index (κ3) is 5.31. The van der Waals surface area contributed by atoms with Gasteiger partial charge in [0.25, 0.3) is 0 Å². The Balaban J connectivity index is 2.12. The van der Waals surface area contributed by atoms with Gasteiger partial charge in [-0.2, -0.15) is 5.10 Å². The Kier molecular flexibility index (Phi) is 5.53. The molecule has 16 heavy (non-hydrogen) atoms. The Morgan fingerprint density at radius 3 is 2.62 bits per heavy atom. The Hall–Kier alpha value is -0.830. The van der Waals surface area contributed by atoms with Crippen LogP contribution in [-0.2, 0) is 13.5 Å². The van der Waals surface area contributed by atoms with E-state index in [1.807, 2.05) is 17.9 Å². The lowest BCUT2D eigenvalue weighted by Gasteiger charge is -2.13. The molecule has 1 unspecified atom stereocenters. The Morgan fingerprint density at radius 2 is 2.06 bits per heavy atom. The normalized spacial score (nSPS) is 13.3. The van der Waals surface area contributed by atoms with Crippen LogP contribution in [0.15, 0.2) is 12.4 Å². The summed E-state index contributed by atoms with van der Waals surface area (Å²) in [6.45, 7) is 7.85. The van der Waals surface area contributed by atoms with Crippen LogP contribution in [-0.4, -0.2) is 22.4 Å². The molecular formula is C13H25N3. The van der Waals surface area contributed by atoms with Crippen molar-refractivity contribution in [3.05, 3.63) is 18.0 Å². The standard InChI is InChI=1S/C13H25N3/c1-11(2)14-8-7-12(3)5-6-13-9-15-16(4)10-13/h9-12,14H,5-8H2,1-4H3. The average molecular weight is 223 g/mol. The van der Waals surface area contributed by atoms with Crippen molar-refractivity contribution in [3.63, 3.8) is 0 Å². The first-order valence-electron chi connectivity index (χ1n) is 6.29. The lowest BCUT2D eigenvalue weighted by Crippen LogP contribution is -2.24. The molecule has 0 bridgehead atoms. The van der Waals surface area contributed by atoms with Crippen LogP contribution in [0.1, 0.15) is 39.2 Å². The molecule has 1 aromatic rings. The first kappa shape index (κ1) is 13.2. The van der Waals surface area contributed by atoms with Gasteiger partial charge in [-0.3, -0.25) is 4.68 Å². The van der Waals surface area contributed by atoms with E-state index in [1.165, 1.54) is 18.4 Å². The van der Waals surface area contributed by atoms with Gasteiger partial charge >= 0.3 is 0 Å². The summed E-state index contributed by atoms with van der Waals surface area (Å²) in [5, 5.41) is 7.65. The Labute approximate surface area is 99.2 Å². The number of hydrogen-bond donors (Lipinski definition) is 1. The van der Waals surface area contributed by atoms with E-state index in [4.69, 9.17) is 0 Å². The second-order valence-corrected chi connectivity index (χ2v) is 5.06. The van der Waals surface area contributed by atoms with E-state index in [0.717, 1.165) is 18.9 Å². The summed E-state index contributed by atoms with van der Waals surface area (Å²) in [6.07, 6.45) is 7.75. The van der Waals surface area contributed by atoms with Crippen LogP contribution in [0.5, 0.6) is 0 Å². The molecule has 0 amide bonds. The fourth-order valence-corrected chi connectivity index (χ4v) is 1.78. The second kappa shape index (κ2) is 6.69. The second-order valence-electron chi connectivity index (χ2n) is 5.06. The molecule has 0 spiro atoms. The molecule has 0 saturated carbocycles. The van der Waals surface area contributed by atoms with Gasteiger partial charge in [0.2, 0.25) is 0 Å². The summed E-state index contributed by atoms with van der Waals surface area (Å²) in [5.41, 5.74) is 1.35. The smallest absolute Gasteiger partial charge is 0.0521 e. The first-order valence-corrected chi connectivity index (χ1v) is 6.29. The maximum absolute atomic E-state index is 4.18. The molecule has 0 aromatic carbocycles. The highest BCUT2D eigenvalue weighted by Gasteiger charge is 2.04. The van der Waals surface area contributed by atoms with Crippen molar-refractivity contribution in [2.75, 3.05) is 6.54 Å². The fraction of sp³-hybridized carbons (Fsp3) is 0.769. The monoisotopic (exact) mass is 223 g/mol. The number of aryl methyl sites for hydroxylation is 2. The predicted molar refractivity (Wildman–Crippen MR) is 68.4 cm³/mol. The number of rotatable bonds is 7. The van der Waals surface area contributed by atoms with Gasteiger partial charge in [-0.05, 0) is 37.3 Å². The Morgan fingerprint density at radius 1 is 1.31 bits per heavy atom.